The van der Waals surface area contributed by atoms with Crippen molar-refractivity contribution in [1.82, 2.24) is 20.1 Å². The second-order valence-corrected chi connectivity index (χ2v) is 5.95. The van der Waals surface area contributed by atoms with E-state index >= 15 is 0 Å². The molecule has 7 nitrogen and oxygen atoms in total. The van der Waals surface area contributed by atoms with Crippen LogP contribution in [0.15, 0.2) is 42.6 Å². The van der Waals surface area contributed by atoms with Gasteiger partial charge in [0.05, 0.1) is 12.2 Å². The van der Waals surface area contributed by atoms with E-state index in [1.807, 2.05) is 12.1 Å². The number of hydrogen-bond acceptors (Lipinski definition) is 5. The van der Waals surface area contributed by atoms with E-state index in [-0.39, 0.29) is 17.6 Å². The number of amides is 1. The minimum absolute atomic E-state index is 0.0271. The van der Waals surface area contributed by atoms with Crippen LogP contribution < -0.4 is 10.4 Å². The number of imidazole rings is 1. The van der Waals surface area contributed by atoms with Crippen LogP contribution in [0.2, 0.25) is 0 Å². The van der Waals surface area contributed by atoms with E-state index < -0.39 is 5.91 Å². The van der Waals surface area contributed by atoms with Crippen molar-refractivity contribution < 1.29 is 14.4 Å². The smallest absolute Gasteiger partial charge is 0.294 e. The minimum Gasteiger partial charge on any atom is -0.348 e. The minimum atomic E-state index is -0.680. The Morgan fingerprint density at radius 1 is 1.32 bits per heavy atom. The van der Waals surface area contributed by atoms with Gasteiger partial charge in [0.25, 0.3) is 5.91 Å². The van der Waals surface area contributed by atoms with Gasteiger partial charge in [-0.1, -0.05) is 12.1 Å². The number of anilines is 1. The zero-order chi connectivity index (χ0) is 17.4. The summed E-state index contributed by atoms with van der Waals surface area (Å²) in [5, 5.41) is 13.3. The third-order valence-corrected chi connectivity index (χ3v) is 4.46. The van der Waals surface area contributed by atoms with Crippen LogP contribution in [0.5, 0.6) is 0 Å². The lowest BCUT2D eigenvalue weighted by Gasteiger charge is -2.26. The van der Waals surface area contributed by atoms with Crippen molar-refractivity contribution in [3.63, 3.8) is 0 Å². The molecule has 0 spiro atoms. The van der Waals surface area contributed by atoms with Crippen molar-refractivity contribution in [2.45, 2.75) is 18.9 Å². The normalized spacial score (nSPS) is 17.2. The molecule has 0 unspecified atom stereocenters. The lowest BCUT2D eigenvalue weighted by Crippen LogP contribution is -2.25. The molecule has 3 heterocycles. The first-order chi connectivity index (χ1) is 12.2. The summed E-state index contributed by atoms with van der Waals surface area (Å²) in [6, 6.07) is 10.2. The summed E-state index contributed by atoms with van der Waals surface area (Å²) in [5.74, 6) is -0.270. The molecule has 8 heteroatoms. The van der Waals surface area contributed by atoms with Gasteiger partial charge in [-0.05, 0) is 42.7 Å². The van der Waals surface area contributed by atoms with Crippen LogP contribution in [-0.4, -0.2) is 32.3 Å². The molecule has 128 valence electrons. The molecule has 1 fully saturated rings. The number of aromatic nitrogens is 3. The molecule has 3 aromatic rings. The van der Waals surface area contributed by atoms with E-state index in [9.17, 15) is 9.18 Å². The third-order valence-electron chi connectivity index (χ3n) is 4.46. The Morgan fingerprint density at radius 2 is 2.20 bits per heavy atom. The first-order valence-electron chi connectivity index (χ1n) is 7.99. The van der Waals surface area contributed by atoms with Gasteiger partial charge < -0.3 is 4.90 Å². The Labute approximate surface area is 142 Å². The van der Waals surface area contributed by atoms with Crippen LogP contribution in [0.1, 0.15) is 34.9 Å². The molecule has 25 heavy (non-hydrogen) atoms. The summed E-state index contributed by atoms with van der Waals surface area (Å²) in [6.07, 6.45) is 3.22. The molecule has 2 aromatic heterocycles. The molecular formula is C17H16FN5O2. The van der Waals surface area contributed by atoms with E-state index in [4.69, 9.17) is 5.21 Å². The zero-order valence-corrected chi connectivity index (χ0v) is 13.3. The van der Waals surface area contributed by atoms with Gasteiger partial charge in [0.1, 0.15) is 11.6 Å². The lowest BCUT2D eigenvalue weighted by molar-refractivity contribution is 0.0698. The van der Waals surface area contributed by atoms with Crippen LogP contribution in [0.25, 0.3) is 5.65 Å². The molecule has 0 saturated carbocycles. The highest BCUT2D eigenvalue weighted by Crippen LogP contribution is 2.35. The van der Waals surface area contributed by atoms with Crippen molar-refractivity contribution in [1.29, 1.82) is 0 Å². The van der Waals surface area contributed by atoms with Gasteiger partial charge in [-0.2, -0.15) is 0 Å². The Hall–Kier alpha value is -3.00. The van der Waals surface area contributed by atoms with Crippen LogP contribution in [0, 0.1) is 5.82 Å². The van der Waals surface area contributed by atoms with Gasteiger partial charge in [0.15, 0.2) is 11.3 Å². The second-order valence-electron chi connectivity index (χ2n) is 5.95. The highest BCUT2D eigenvalue weighted by Gasteiger charge is 2.28. The van der Waals surface area contributed by atoms with E-state index in [0.717, 1.165) is 24.9 Å². The fourth-order valence-electron chi connectivity index (χ4n) is 3.33. The average molecular weight is 341 g/mol. The van der Waals surface area contributed by atoms with Gasteiger partial charge in [0, 0.05) is 6.54 Å². The fraction of sp³-hybridized carbons (Fsp3) is 0.235. The average Bonchev–Trinajstić information content (AvgIpc) is 3.27. The maximum atomic E-state index is 13.6. The number of nitrogens with zero attached hydrogens (tertiary/aromatic N) is 4. The maximum absolute atomic E-state index is 13.6. The Balaban J connectivity index is 1.74. The van der Waals surface area contributed by atoms with Gasteiger partial charge in [0.2, 0.25) is 0 Å². The fourth-order valence-corrected chi connectivity index (χ4v) is 3.33. The number of carbonyl (C=O) groups excluding carboxylic acids is 1. The Morgan fingerprint density at radius 3 is 3.00 bits per heavy atom. The SMILES string of the molecule is O=C(NO)c1cnc2ccc(N3CCC[C@@H]3c3cccc(F)c3)nn12. The van der Waals surface area contributed by atoms with E-state index in [2.05, 4.69) is 15.0 Å². The molecule has 1 aliphatic heterocycles. The number of benzene rings is 1. The topological polar surface area (TPSA) is 82.8 Å². The van der Waals surface area contributed by atoms with Crippen molar-refractivity contribution in [2.24, 2.45) is 0 Å². The van der Waals surface area contributed by atoms with Crippen molar-refractivity contribution in [3.8, 4) is 0 Å². The summed E-state index contributed by atoms with van der Waals surface area (Å²) in [4.78, 5) is 17.9. The summed E-state index contributed by atoms with van der Waals surface area (Å²) < 4.78 is 15.0. The standard InChI is InChI=1S/C17H16FN5O2/c18-12-4-1-3-11(9-12)13-5-2-8-22(13)16-7-6-15-19-10-14(17(24)21-25)23(15)20-16/h1,3-4,6-7,9-10,13,25H,2,5,8H2,(H,21,24)/t13-/m1/s1. The molecule has 0 radical (unpaired) electrons. The molecule has 1 saturated heterocycles. The van der Waals surface area contributed by atoms with Crippen LogP contribution >= 0.6 is 0 Å². The summed E-state index contributed by atoms with van der Waals surface area (Å²) >= 11 is 0. The maximum Gasteiger partial charge on any atom is 0.294 e. The first kappa shape index (κ1) is 15.5. The molecular weight excluding hydrogens is 325 g/mol. The van der Waals surface area contributed by atoms with Gasteiger partial charge >= 0.3 is 0 Å². The molecule has 2 N–H and O–H groups in total. The highest BCUT2D eigenvalue weighted by atomic mass is 19.1. The van der Waals surface area contributed by atoms with Gasteiger partial charge in [-0.3, -0.25) is 10.0 Å². The molecule has 0 bridgehead atoms. The highest BCUT2D eigenvalue weighted by molar-refractivity contribution is 5.92. The lowest BCUT2D eigenvalue weighted by atomic mass is 10.0. The predicted molar refractivity (Wildman–Crippen MR) is 88.0 cm³/mol. The van der Waals surface area contributed by atoms with Crippen molar-refractivity contribution >= 4 is 17.4 Å². The van der Waals surface area contributed by atoms with Crippen LogP contribution in [0.3, 0.4) is 0 Å². The quantitative estimate of drug-likeness (QED) is 0.564. The summed E-state index contributed by atoms with van der Waals surface area (Å²) in [6.45, 7) is 0.788. The first-order valence-corrected chi connectivity index (χ1v) is 7.99. The molecule has 4 rings (SSSR count). The number of fused-ring (bicyclic) bond motifs is 1. The van der Waals surface area contributed by atoms with Crippen LogP contribution in [0.4, 0.5) is 10.2 Å². The zero-order valence-electron chi connectivity index (χ0n) is 13.3. The second kappa shape index (κ2) is 6.14. The third kappa shape index (κ3) is 2.70. The number of hydrogen-bond donors (Lipinski definition) is 2. The largest absolute Gasteiger partial charge is 0.348 e. The molecule has 0 aliphatic carbocycles. The summed E-state index contributed by atoms with van der Waals surface area (Å²) in [5.41, 5.74) is 3.14. The number of halogens is 1. The molecule has 1 atom stereocenters. The number of carbonyl (C=O) groups is 1. The van der Waals surface area contributed by atoms with Crippen molar-refractivity contribution in [2.75, 3.05) is 11.4 Å². The predicted octanol–water partition coefficient (Wildman–Crippen LogP) is 2.33. The van der Waals surface area contributed by atoms with Crippen LogP contribution in [-0.2, 0) is 0 Å². The Kier molecular flexibility index (Phi) is 3.81. The number of nitrogens with one attached hydrogen (secondary N) is 1. The number of hydroxylamine groups is 1. The van der Waals surface area contributed by atoms with Gasteiger partial charge in [-0.15, -0.1) is 5.10 Å². The monoisotopic (exact) mass is 341 g/mol. The summed E-state index contributed by atoms with van der Waals surface area (Å²) in [7, 11) is 0. The Bertz CT molecular complexity index is 942. The van der Waals surface area contributed by atoms with E-state index in [1.54, 1.807) is 23.7 Å². The number of rotatable bonds is 3. The molecule has 1 aromatic carbocycles. The molecule has 1 aliphatic rings. The van der Waals surface area contributed by atoms with Crippen molar-refractivity contribution in [3.05, 3.63) is 59.7 Å². The van der Waals surface area contributed by atoms with Gasteiger partial charge in [-0.25, -0.2) is 19.4 Å². The van der Waals surface area contributed by atoms with E-state index in [0.29, 0.717) is 11.5 Å². The van der Waals surface area contributed by atoms with E-state index in [1.165, 1.54) is 16.8 Å². The molecule has 1 amide bonds.